The van der Waals surface area contributed by atoms with Crippen LogP contribution in [0.2, 0.25) is 10.0 Å². The van der Waals surface area contributed by atoms with E-state index in [1.165, 1.54) is 12.1 Å². The van der Waals surface area contributed by atoms with E-state index in [1.807, 2.05) is 0 Å². The second-order valence-corrected chi connectivity index (χ2v) is 8.94. The number of amides is 2. The van der Waals surface area contributed by atoms with E-state index in [-0.39, 0.29) is 41.1 Å². The van der Waals surface area contributed by atoms with Crippen molar-refractivity contribution in [1.29, 1.82) is 0 Å². The van der Waals surface area contributed by atoms with Crippen LogP contribution in [0.3, 0.4) is 0 Å². The lowest BCUT2D eigenvalue weighted by Crippen LogP contribution is -2.26. The molecule has 2 amide bonds. The first-order chi connectivity index (χ1) is 13.3. The quantitative estimate of drug-likeness (QED) is 0.715. The fourth-order valence-corrected chi connectivity index (χ4v) is 4.62. The molecule has 2 aromatic carbocycles. The molecule has 0 saturated carbocycles. The minimum atomic E-state index is -3.84. The van der Waals surface area contributed by atoms with Crippen LogP contribution in [-0.4, -0.2) is 32.6 Å². The summed E-state index contributed by atoms with van der Waals surface area (Å²) < 4.78 is 30.4. The smallest absolute Gasteiger partial charge is 0.262 e. The minimum Gasteiger partial charge on any atom is -0.482 e. The highest BCUT2D eigenvalue weighted by Crippen LogP contribution is 2.36. The molecule has 0 fully saturated rings. The zero-order chi connectivity index (χ0) is 20.3. The molecule has 0 saturated heterocycles. The van der Waals surface area contributed by atoms with E-state index in [2.05, 4.69) is 10.6 Å². The summed E-state index contributed by atoms with van der Waals surface area (Å²) in [5.41, 5.74) is 1.04. The number of hydrogen-bond acceptors (Lipinski definition) is 5. The van der Waals surface area contributed by atoms with Gasteiger partial charge in [0.2, 0.25) is 5.91 Å². The Hall–Kier alpha value is -2.29. The van der Waals surface area contributed by atoms with Gasteiger partial charge in [-0.3, -0.25) is 9.59 Å². The van der Waals surface area contributed by atoms with Crippen molar-refractivity contribution in [3.8, 4) is 5.75 Å². The Morgan fingerprint density at radius 2 is 1.93 bits per heavy atom. The monoisotopic (exact) mass is 442 g/mol. The Kier molecular flexibility index (Phi) is 6.12. The third-order valence-electron chi connectivity index (χ3n) is 4.03. The van der Waals surface area contributed by atoms with Crippen molar-refractivity contribution in [2.45, 2.75) is 17.9 Å². The van der Waals surface area contributed by atoms with Gasteiger partial charge in [0.05, 0.1) is 21.4 Å². The van der Waals surface area contributed by atoms with Gasteiger partial charge in [0.15, 0.2) is 16.4 Å². The zero-order valence-electron chi connectivity index (χ0n) is 14.5. The molecule has 2 N–H and O–H groups in total. The molecule has 0 aliphatic carbocycles. The third-order valence-corrected chi connectivity index (χ3v) is 6.58. The highest BCUT2D eigenvalue weighted by atomic mass is 35.5. The second kappa shape index (κ2) is 8.38. The molecule has 7 nitrogen and oxygen atoms in total. The van der Waals surface area contributed by atoms with Gasteiger partial charge in [-0.1, -0.05) is 41.4 Å². The van der Waals surface area contributed by atoms with Crippen LogP contribution in [-0.2, 0) is 26.0 Å². The van der Waals surface area contributed by atoms with Crippen LogP contribution in [0.1, 0.15) is 12.0 Å². The molecule has 28 heavy (non-hydrogen) atoms. The predicted octanol–water partition coefficient (Wildman–Crippen LogP) is 2.80. The fourth-order valence-electron chi connectivity index (χ4n) is 2.58. The molecule has 0 atom stereocenters. The van der Waals surface area contributed by atoms with Crippen LogP contribution in [0.15, 0.2) is 41.3 Å². The molecule has 1 heterocycles. The Balaban J connectivity index is 1.64. The summed E-state index contributed by atoms with van der Waals surface area (Å²) in [7, 11) is -3.84. The van der Waals surface area contributed by atoms with Crippen molar-refractivity contribution < 1.29 is 22.7 Å². The molecule has 1 aliphatic heterocycles. The molecule has 0 unspecified atom stereocenters. The maximum Gasteiger partial charge on any atom is 0.262 e. The number of rotatable bonds is 6. The number of fused-ring (bicyclic) bond motifs is 1. The van der Waals surface area contributed by atoms with Gasteiger partial charge in [0, 0.05) is 24.1 Å². The minimum absolute atomic E-state index is 0.0546. The van der Waals surface area contributed by atoms with Gasteiger partial charge in [0.1, 0.15) is 5.75 Å². The van der Waals surface area contributed by atoms with Crippen molar-refractivity contribution in [2.75, 3.05) is 17.7 Å². The summed E-state index contributed by atoms with van der Waals surface area (Å²) in [6.07, 6.45) is -0.238. The topological polar surface area (TPSA) is 102 Å². The van der Waals surface area contributed by atoms with Crippen LogP contribution >= 0.6 is 23.2 Å². The molecule has 2 aromatic rings. The van der Waals surface area contributed by atoms with E-state index in [1.54, 1.807) is 24.3 Å². The number of sulfone groups is 1. The average Bonchev–Trinajstić information content (AvgIpc) is 2.65. The van der Waals surface area contributed by atoms with Crippen LogP contribution < -0.4 is 15.4 Å². The SMILES string of the molecule is O=C(CCS(=O)(=O)c1cc2c(cc1Cl)NC(=O)CO2)NCc1ccccc1Cl. The molecule has 0 bridgehead atoms. The first kappa shape index (κ1) is 20.4. The third kappa shape index (κ3) is 4.76. The number of carbonyl (C=O) groups excluding carboxylic acids is 2. The lowest BCUT2D eigenvalue weighted by atomic mass is 10.2. The van der Waals surface area contributed by atoms with Gasteiger partial charge in [0.25, 0.3) is 5.91 Å². The van der Waals surface area contributed by atoms with Gasteiger partial charge in [-0.05, 0) is 17.7 Å². The molecule has 0 radical (unpaired) electrons. The standard InChI is InChI=1S/C18H16Cl2N2O5S/c19-12-4-2-1-3-11(12)9-21-17(23)5-6-28(25,26)16-8-15-14(7-13(16)20)22-18(24)10-27-15/h1-4,7-8H,5-6,9-10H2,(H,21,23)(H,22,24). The van der Waals surface area contributed by atoms with E-state index in [9.17, 15) is 18.0 Å². The summed E-state index contributed by atoms with van der Waals surface area (Å²) >= 11 is 12.1. The zero-order valence-corrected chi connectivity index (χ0v) is 16.8. The molecular formula is C18H16Cl2N2O5S. The largest absolute Gasteiger partial charge is 0.482 e. The number of carbonyl (C=O) groups is 2. The number of hydrogen-bond donors (Lipinski definition) is 2. The van der Waals surface area contributed by atoms with Crippen molar-refractivity contribution in [2.24, 2.45) is 0 Å². The predicted molar refractivity (Wildman–Crippen MR) is 106 cm³/mol. The number of ether oxygens (including phenoxy) is 1. The van der Waals surface area contributed by atoms with E-state index >= 15 is 0 Å². The maximum atomic E-state index is 12.6. The second-order valence-electron chi connectivity index (χ2n) is 6.05. The van der Waals surface area contributed by atoms with E-state index in [4.69, 9.17) is 27.9 Å². The first-order valence-electron chi connectivity index (χ1n) is 8.25. The summed E-state index contributed by atoms with van der Waals surface area (Å²) in [4.78, 5) is 23.2. The van der Waals surface area contributed by atoms with Crippen molar-refractivity contribution in [3.05, 3.63) is 52.0 Å². The number of nitrogens with one attached hydrogen (secondary N) is 2. The maximum absolute atomic E-state index is 12.6. The Labute approximate surface area is 171 Å². The summed E-state index contributed by atoms with van der Waals surface area (Å²) in [6.45, 7) is -0.00966. The summed E-state index contributed by atoms with van der Waals surface area (Å²) in [6, 6.07) is 9.62. The molecule has 1 aliphatic rings. The molecular weight excluding hydrogens is 427 g/mol. The fraction of sp³-hybridized carbons (Fsp3) is 0.222. The summed E-state index contributed by atoms with van der Waals surface area (Å²) in [5, 5.41) is 5.65. The molecule has 0 spiro atoms. The lowest BCUT2D eigenvalue weighted by molar-refractivity contribution is -0.121. The van der Waals surface area contributed by atoms with Gasteiger partial charge in [-0.25, -0.2) is 8.42 Å². The normalized spacial score (nSPS) is 13.3. The van der Waals surface area contributed by atoms with Crippen molar-refractivity contribution in [3.63, 3.8) is 0 Å². The van der Waals surface area contributed by atoms with Crippen LogP contribution in [0.5, 0.6) is 5.75 Å². The first-order valence-corrected chi connectivity index (χ1v) is 10.7. The molecule has 148 valence electrons. The highest BCUT2D eigenvalue weighted by molar-refractivity contribution is 7.91. The average molecular weight is 443 g/mol. The van der Waals surface area contributed by atoms with Crippen molar-refractivity contribution >= 4 is 50.5 Å². The Morgan fingerprint density at radius 1 is 1.18 bits per heavy atom. The van der Waals surface area contributed by atoms with Gasteiger partial charge in [-0.2, -0.15) is 0 Å². The molecule has 10 heteroatoms. The van der Waals surface area contributed by atoms with Crippen molar-refractivity contribution in [1.82, 2.24) is 5.32 Å². The van der Waals surface area contributed by atoms with E-state index < -0.39 is 21.5 Å². The van der Waals surface area contributed by atoms with E-state index in [0.29, 0.717) is 10.7 Å². The van der Waals surface area contributed by atoms with Gasteiger partial charge in [-0.15, -0.1) is 0 Å². The van der Waals surface area contributed by atoms with Crippen LogP contribution in [0.25, 0.3) is 0 Å². The summed E-state index contributed by atoms with van der Waals surface area (Å²) in [5.74, 6) is -0.993. The Bertz CT molecular complexity index is 1040. The molecule has 3 rings (SSSR count). The highest BCUT2D eigenvalue weighted by Gasteiger charge is 2.25. The van der Waals surface area contributed by atoms with Crippen LogP contribution in [0, 0.1) is 0 Å². The van der Waals surface area contributed by atoms with E-state index in [0.717, 1.165) is 5.56 Å². The van der Waals surface area contributed by atoms with Crippen LogP contribution in [0.4, 0.5) is 5.69 Å². The number of anilines is 1. The van der Waals surface area contributed by atoms with Gasteiger partial charge >= 0.3 is 0 Å². The lowest BCUT2D eigenvalue weighted by Gasteiger charge is -2.19. The van der Waals surface area contributed by atoms with Gasteiger partial charge < -0.3 is 15.4 Å². The molecule has 0 aromatic heterocycles. The number of benzene rings is 2. The Morgan fingerprint density at radius 3 is 2.68 bits per heavy atom. The number of halogens is 2.